The lowest BCUT2D eigenvalue weighted by Gasteiger charge is -2.30. The van der Waals surface area contributed by atoms with Gasteiger partial charge in [0.05, 0.1) is 0 Å². The van der Waals surface area contributed by atoms with E-state index in [1.807, 2.05) is 11.8 Å². The van der Waals surface area contributed by atoms with Crippen LogP contribution >= 0.6 is 0 Å². The van der Waals surface area contributed by atoms with Crippen molar-refractivity contribution in [3.63, 3.8) is 0 Å². The van der Waals surface area contributed by atoms with Crippen LogP contribution in [-0.4, -0.2) is 25.0 Å². The fourth-order valence-electron chi connectivity index (χ4n) is 2.90. The summed E-state index contributed by atoms with van der Waals surface area (Å²) in [4.78, 5) is 25.4. The molecule has 5 heteroatoms. The second-order valence-electron chi connectivity index (χ2n) is 5.97. The maximum Gasteiger partial charge on any atom is 0.258 e. The second-order valence-corrected chi connectivity index (χ2v) is 5.97. The normalized spacial score (nSPS) is 13.3. The molecule has 0 saturated heterocycles. The number of benzene rings is 2. The lowest BCUT2D eigenvalue weighted by molar-refractivity contribution is -0.119. The number of hydrogen-bond donors (Lipinski definition) is 1. The molecule has 0 radical (unpaired) electrons. The summed E-state index contributed by atoms with van der Waals surface area (Å²) in [6, 6.07) is 13.0. The fourth-order valence-corrected chi connectivity index (χ4v) is 2.90. The average molecular weight is 324 g/mol. The quantitative estimate of drug-likeness (QED) is 0.939. The van der Waals surface area contributed by atoms with Gasteiger partial charge in [0.1, 0.15) is 5.75 Å². The molecule has 1 heterocycles. The summed E-state index contributed by atoms with van der Waals surface area (Å²) in [6.45, 7) is 2.57. The zero-order valence-electron chi connectivity index (χ0n) is 13.6. The molecule has 1 aliphatic rings. The molecule has 5 nitrogen and oxygen atoms in total. The van der Waals surface area contributed by atoms with Crippen LogP contribution in [-0.2, 0) is 11.2 Å². The van der Waals surface area contributed by atoms with Crippen molar-refractivity contribution in [2.75, 3.05) is 18.1 Å². The Morgan fingerprint density at radius 2 is 1.92 bits per heavy atom. The van der Waals surface area contributed by atoms with Crippen molar-refractivity contribution in [2.24, 2.45) is 5.73 Å². The van der Waals surface area contributed by atoms with E-state index in [1.165, 1.54) is 5.56 Å². The molecule has 3 rings (SSSR count). The van der Waals surface area contributed by atoms with Crippen LogP contribution in [0.4, 0.5) is 5.69 Å². The van der Waals surface area contributed by atoms with E-state index in [2.05, 4.69) is 18.2 Å². The van der Waals surface area contributed by atoms with E-state index in [0.29, 0.717) is 11.3 Å². The average Bonchev–Trinajstić information content (AvgIpc) is 2.59. The van der Waals surface area contributed by atoms with Crippen LogP contribution in [0, 0.1) is 6.92 Å². The second kappa shape index (κ2) is 6.74. The highest BCUT2D eigenvalue weighted by atomic mass is 16.5. The molecule has 0 atom stereocenters. The first-order valence-corrected chi connectivity index (χ1v) is 7.97. The minimum Gasteiger partial charge on any atom is -0.484 e. The predicted octanol–water partition coefficient (Wildman–Crippen LogP) is 2.45. The third-order valence-electron chi connectivity index (χ3n) is 4.09. The summed E-state index contributed by atoms with van der Waals surface area (Å²) in [5.41, 5.74) is 8.99. The number of carbonyl (C=O) groups excluding carboxylic acids is 2. The Labute approximate surface area is 141 Å². The van der Waals surface area contributed by atoms with Gasteiger partial charge in [-0.2, -0.15) is 0 Å². The minimum absolute atomic E-state index is 0.0250. The van der Waals surface area contributed by atoms with Crippen LogP contribution in [0.2, 0.25) is 0 Å². The highest BCUT2D eigenvalue weighted by Gasteiger charge is 2.23. The number of amides is 2. The van der Waals surface area contributed by atoms with Crippen molar-refractivity contribution >= 4 is 17.5 Å². The van der Waals surface area contributed by atoms with Gasteiger partial charge in [-0.1, -0.05) is 12.1 Å². The van der Waals surface area contributed by atoms with Crippen LogP contribution in [0.1, 0.15) is 27.9 Å². The summed E-state index contributed by atoms with van der Waals surface area (Å²) in [6.07, 6.45) is 1.96. The van der Waals surface area contributed by atoms with Crippen LogP contribution in [0.25, 0.3) is 0 Å². The van der Waals surface area contributed by atoms with Gasteiger partial charge in [0.2, 0.25) is 0 Å². The zero-order valence-corrected chi connectivity index (χ0v) is 13.6. The van der Waals surface area contributed by atoms with Crippen molar-refractivity contribution in [3.05, 3.63) is 59.2 Å². The Morgan fingerprint density at radius 3 is 2.62 bits per heavy atom. The monoisotopic (exact) mass is 324 g/mol. The molecule has 0 bridgehead atoms. The largest absolute Gasteiger partial charge is 0.484 e. The summed E-state index contributed by atoms with van der Waals surface area (Å²) < 4.78 is 5.22. The highest BCUT2D eigenvalue weighted by Crippen LogP contribution is 2.29. The number of primary amides is 1. The molecule has 2 amide bonds. The molecule has 0 spiro atoms. The van der Waals surface area contributed by atoms with E-state index in [1.54, 1.807) is 24.3 Å². The van der Waals surface area contributed by atoms with E-state index < -0.39 is 5.91 Å². The van der Waals surface area contributed by atoms with Gasteiger partial charge in [-0.05, 0) is 61.2 Å². The first-order chi connectivity index (χ1) is 11.5. The molecule has 0 aromatic heterocycles. The molecule has 24 heavy (non-hydrogen) atoms. The molecule has 0 fully saturated rings. The first kappa shape index (κ1) is 16.1. The number of rotatable bonds is 4. The Bertz CT molecular complexity index is 769. The standard InChI is InChI=1S/C19H20N2O3/c1-13-4-5-14-3-2-10-21(17(14)11-13)19(23)15-6-8-16(9-7-15)24-12-18(20)22/h4-9,11H,2-3,10,12H2,1H3,(H2,20,22). The fraction of sp³-hybridized carbons (Fsp3) is 0.263. The smallest absolute Gasteiger partial charge is 0.258 e. The molecule has 2 aromatic carbocycles. The number of anilines is 1. The number of aryl methyl sites for hydroxylation is 2. The Morgan fingerprint density at radius 1 is 1.17 bits per heavy atom. The van der Waals surface area contributed by atoms with Crippen LogP contribution in [0.15, 0.2) is 42.5 Å². The number of nitrogens with two attached hydrogens (primary N) is 1. The Balaban J connectivity index is 1.80. The number of ether oxygens (including phenoxy) is 1. The van der Waals surface area contributed by atoms with Gasteiger partial charge in [-0.3, -0.25) is 9.59 Å². The highest BCUT2D eigenvalue weighted by molar-refractivity contribution is 6.06. The van der Waals surface area contributed by atoms with E-state index in [0.717, 1.165) is 30.6 Å². The van der Waals surface area contributed by atoms with Gasteiger partial charge in [-0.25, -0.2) is 0 Å². The molecule has 0 unspecified atom stereocenters. The topological polar surface area (TPSA) is 72.6 Å². The molecular weight excluding hydrogens is 304 g/mol. The zero-order chi connectivity index (χ0) is 17.1. The third-order valence-corrected chi connectivity index (χ3v) is 4.09. The van der Waals surface area contributed by atoms with Crippen molar-refractivity contribution in [2.45, 2.75) is 19.8 Å². The lowest BCUT2D eigenvalue weighted by atomic mass is 9.99. The summed E-state index contributed by atoms with van der Waals surface area (Å²) in [5.74, 6) is -0.0429. The van der Waals surface area contributed by atoms with Crippen molar-refractivity contribution < 1.29 is 14.3 Å². The van der Waals surface area contributed by atoms with Gasteiger partial charge in [0.25, 0.3) is 11.8 Å². The summed E-state index contributed by atoms with van der Waals surface area (Å²) >= 11 is 0. The molecule has 1 aliphatic heterocycles. The number of nitrogens with zero attached hydrogens (tertiary/aromatic N) is 1. The molecule has 124 valence electrons. The summed E-state index contributed by atoms with van der Waals surface area (Å²) in [5, 5.41) is 0. The maximum atomic E-state index is 12.9. The van der Waals surface area contributed by atoms with Crippen molar-refractivity contribution in [3.8, 4) is 5.75 Å². The molecule has 2 N–H and O–H groups in total. The van der Waals surface area contributed by atoms with Crippen molar-refractivity contribution in [1.82, 2.24) is 0 Å². The van der Waals surface area contributed by atoms with Gasteiger partial charge >= 0.3 is 0 Å². The van der Waals surface area contributed by atoms with Crippen LogP contribution < -0.4 is 15.4 Å². The molecule has 0 saturated carbocycles. The number of fused-ring (bicyclic) bond motifs is 1. The first-order valence-electron chi connectivity index (χ1n) is 7.97. The molecule has 2 aromatic rings. The van der Waals surface area contributed by atoms with E-state index in [-0.39, 0.29) is 12.5 Å². The third kappa shape index (κ3) is 3.40. The number of carbonyl (C=O) groups is 2. The Kier molecular flexibility index (Phi) is 4.51. The van der Waals surface area contributed by atoms with Gasteiger partial charge < -0.3 is 15.4 Å². The molecule has 0 aliphatic carbocycles. The maximum absolute atomic E-state index is 12.9. The van der Waals surface area contributed by atoms with Crippen molar-refractivity contribution in [1.29, 1.82) is 0 Å². The van der Waals surface area contributed by atoms with E-state index >= 15 is 0 Å². The predicted molar refractivity (Wildman–Crippen MR) is 92.3 cm³/mol. The Hall–Kier alpha value is -2.82. The minimum atomic E-state index is -0.532. The van der Waals surface area contributed by atoms with E-state index in [9.17, 15) is 9.59 Å². The van der Waals surface area contributed by atoms with Crippen LogP contribution in [0.3, 0.4) is 0 Å². The van der Waals surface area contributed by atoms with Crippen LogP contribution in [0.5, 0.6) is 5.75 Å². The van der Waals surface area contributed by atoms with Gasteiger partial charge in [0.15, 0.2) is 6.61 Å². The van der Waals surface area contributed by atoms with E-state index in [4.69, 9.17) is 10.5 Å². The van der Waals surface area contributed by atoms with Gasteiger partial charge in [0, 0.05) is 17.8 Å². The van der Waals surface area contributed by atoms with Gasteiger partial charge in [-0.15, -0.1) is 0 Å². The number of hydrogen-bond acceptors (Lipinski definition) is 3. The lowest BCUT2D eigenvalue weighted by Crippen LogP contribution is -2.35. The molecular formula is C19H20N2O3. The summed E-state index contributed by atoms with van der Waals surface area (Å²) in [7, 11) is 0. The SMILES string of the molecule is Cc1ccc2c(c1)N(C(=O)c1ccc(OCC(N)=O)cc1)CCC2.